The Labute approximate surface area is 134 Å². The predicted octanol–water partition coefficient (Wildman–Crippen LogP) is 4.10. The minimum atomic E-state index is 0.397. The Morgan fingerprint density at radius 2 is 2.00 bits per heavy atom. The SMILES string of the molecule is COc1ccc(Nc2cccc(SC)c2C(N)=S)c(C)c1. The first-order valence-electron chi connectivity index (χ1n) is 6.45. The van der Waals surface area contributed by atoms with Gasteiger partial charge in [-0.05, 0) is 49.1 Å². The summed E-state index contributed by atoms with van der Waals surface area (Å²) in [5, 5.41) is 3.41. The van der Waals surface area contributed by atoms with Crippen LogP contribution in [0.15, 0.2) is 41.3 Å². The van der Waals surface area contributed by atoms with Crippen molar-refractivity contribution in [2.75, 3.05) is 18.7 Å². The van der Waals surface area contributed by atoms with Gasteiger partial charge in [0.15, 0.2) is 0 Å². The van der Waals surface area contributed by atoms with E-state index in [4.69, 9.17) is 22.7 Å². The van der Waals surface area contributed by atoms with Crippen LogP contribution in [0.1, 0.15) is 11.1 Å². The van der Waals surface area contributed by atoms with Crippen molar-refractivity contribution in [3.63, 3.8) is 0 Å². The summed E-state index contributed by atoms with van der Waals surface area (Å²) in [7, 11) is 1.66. The number of hydrogen-bond acceptors (Lipinski definition) is 4. The first-order valence-corrected chi connectivity index (χ1v) is 8.08. The predicted molar refractivity (Wildman–Crippen MR) is 95.1 cm³/mol. The van der Waals surface area contributed by atoms with Crippen LogP contribution in [0.5, 0.6) is 5.75 Å². The molecule has 0 spiro atoms. The van der Waals surface area contributed by atoms with Crippen molar-refractivity contribution in [1.29, 1.82) is 0 Å². The van der Waals surface area contributed by atoms with Crippen molar-refractivity contribution < 1.29 is 4.74 Å². The van der Waals surface area contributed by atoms with E-state index in [2.05, 4.69) is 5.32 Å². The van der Waals surface area contributed by atoms with E-state index >= 15 is 0 Å². The third-order valence-electron chi connectivity index (χ3n) is 3.20. The molecule has 0 saturated carbocycles. The van der Waals surface area contributed by atoms with Gasteiger partial charge in [0.25, 0.3) is 0 Å². The minimum absolute atomic E-state index is 0.397. The van der Waals surface area contributed by atoms with Crippen LogP contribution in [-0.2, 0) is 0 Å². The van der Waals surface area contributed by atoms with E-state index in [1.807, 2.05) is 49.6 Å². The van der Waals surface area contributed by atoms with E-state index in [9.17, 15) is 0 Å². The summed E-state index contributed by atoms with van der Waals surface area (Å²) in [6, 6.07) is 11.9. The number of thiocarbonyl (C=S) groups is 1. The Balaban J connectivity index is 2.42. The molecule has 3 nitrogen and oxygen atoms in total. The lowest BCUT2D eigenvalue weighted by atomic mass is 10.1. The average molecular weight is 318 g/mol. The van der Waals surface area contributed by atoms with Crippen LogP contribution in [0.4, 0.5) is 11.4 Å². The lowest BCUT2D eigenvalue weighted by Crippen LogP contribution is -2.13. The van der Waals surface area contributed by atoms with Gasteiger partial charge in [0.2, 0.25) is 0 Å². The van der Waals surface area contributed by atoms with E-state index in [1.54, 1.807) is 18.9 Å². The quantitative estimate of drug-likeness (QED) is 0.642. The molecule has 0 saturated heterocycles. The van der Waals surface area contributed by atoms with Crippen LogP contribution in [0, 0.1) is 6.92 Å². The lowest BCUT2D eigenvalue weighted by molar-refractivity contribution is 0.414. The third-order valence-corrected chi connectivity index (χ3v) is 4.18. The van der Waals surface area contributed by atoms with Crippen LogP contribution in [0.25, 0.3) is 0 Å². The maximum Gasteiger partial charge on any atom is 0.119 e. The van der Waals surface area contributed by atoms with Gasteiger partial charge in [0, 0.05) is 21.8 Å². The van der Waals surface area contributed by atoms with Crippen LogP contribution < -0.4 is 15.8 Å². The highest BCUT2D eigenvalue weighted by Gasteiger charge is 2.11. The molecule has 0 aromatic heterocycles. The molecule has 3 N–H and O–H groups in total. The number of hydrogen-bond donors (Lipinski definition) is 2. The lowest BCUT2D eigenvalue weighted by Gasteiger charge is -2.16. The van der Waals surface area contributed by atoms with E-state index < -0.39 is 0 Å². The van der Waals surface area contributed by atoms with Gasteiger partial charge in [-0.3, -0.25) is 0 Å². The Morgan fingerprint density at radius 3 is 2.57 bits per heavy atom. The highest BCUT2D eigenvalue weighted by Crippen LogP contribution is 2.31. The summed E-state index contributed by atoms with van der Waals surface area (Å²) in [6.07, 6.45) is 2.01. The number of thioether (sulfide) groups is 1. The summed E-state index contributed by atoms with van der Waals surface area (Å²) < 4.78 is 5.23. The molecule has 0 aliphatic heterocycles. The van der Waals surface area contributed by atoms with Gasteiger partial charge in [-0.2, -0.15) is 0 Å². The van der Waals surface area contributed by atoms with Crippen molar-refractivity contribution in [2.24, 2.45) is 5.73 Å². The van der Waals surface area contributed by atoms with Gasteiger partial charge in [-0.1, -0.05) is 18.3 Å². The Kier molecular flexibility index (Phi) is 5.09. The second kappa shape index (κ2) is 6.83. The smallest absolute Gasteiger partial charge is 0.119 e. The molecule has 0 fully saturated rings. The zero-order chi connectivity index (χ0) is 15.4. The molecule has 2 aromatic rings. The summed E-state index contributed by atoms with van der Waals surface area (Å²) in [5.74, 6) is 0.838. The molecule has 0 aliphatic rings. The highest BCUT2D eigenvalue weighted by atomic mass is 32.2. The molecule has 0 unspecified atom stereocenters. The zero-order valence-electron chi connectivity index (χ0n) is 12.3. The number of methoxy groups -OCH3 is 1. The molecule has 2 aromatic carbocycles. The van der Waals surface area contributed by atoms with Gasteiger partial charge in [0.05, 0.1) is 7.11 Å². The fourth-order valence-corrected chi connectivity index (χ4v) is 3.03. The topological polar surface area (TPSA) is 47.3 Å². The summed E-state index contributed by atoms with van der Waals surface area (Å²) in [4.78, 5) is 1.47. The van der Waals surface area contributed by atoms with E-state index in [0.717, 1.165) is 33.1 Å². The van der Waals surface area contributed by atoms with Crippen molar-refractivity contribution in [1.82, 2.24) is 0 Å². The minimum Gasteiger partial charge on any atom is -0.497 e. The Hall–Kier alpha value is -1.72. The number of anilines is 2. The second-order valence-corrected chi connectivity index (χ2v) is 5.84. The van der Waals surface area contributed by atoms with Gasteiger partial charge in [-0.25, -0.2) is 0 Å². The van der Waals surface area contributed by atoms with Gasteiger partial charge in [-0.15, -0.1) is 11.8 Å². The first-order chi connectivity index (χ1) is 10.1. The monoisotopic (exact) mass is 318 g/mol. The number of rotatable bonds is 5. The maximum absolute atomic E-state index is 5.89. The van der Waals surface area contributed by atoms with Gasteiger partial charge in [0.1, 0.15) is 10.7 Å². The standard InChI is InChI=1S/C16H18N2OS2/c1-10-9-11(19-2)7-8-12(10)18-13-5-4-6-14(21-3)15(13)16(17)20/h4-9,18H,1-3H3,(H2,17,20). The van der Waals surface area contributed by atoms with Crippen LogP contribution in [0.2, 0.25) is 0 Å². The molecule has 0 bridgehead atoms. The third kappa shape index (κ3) is 3.49. The number of benzene rings is 2. The van der Waals surface area contributed by atoms with Crippen molar-refractivity contribution in [3.05, 3.63) is 47.5 Å². The zero-order valence-corrected chi connectivity index (χ0v) is 13.9. The second-order valence-electron chi connectivity index (χ2n) is 4.55. The van der Waals surface area contributed by atoms with E-state index in [-0.39, 0.29) is 0 Å². The fraction of sp³-hybridized carbons (Fsp3) is 0.188. The first kappa shape index (κ1) is 15.7. The molecular weight excluding hydrogens is 300 g/mol. The molecular formula is C16H18N2OS2. The number of ether oxygens (including phenoxy) is 1. The maximum atomic E-state index is 5.89. The van der Waals surface area contributed by atoms with E-state index in [0.29, 0.717) is 4.99 Å². The number of nitrogens with two attached hydrogens (primary N) is 1. The van der Waals surface area contributed by atoms with Gasteiger partial charge >= 0.3 is 0 Å². The van der Waals surface area contributed by atoms with Crippen molar-refractivity contribution in [2.45, 2.75) is 11.8 Å². The Bertz CT molecular complexity index is 671. The molecule has 110 valence electrons. The molecule has 5 heteroatoms. The number of aryl methyl sites for hydroxylation is 1. The largest absolute Gasteiger partial charge is 0.497 e. The number of nitrogens with one attached hydrogen (secondary N) is 1. The fourth-order valence-electron chi connectivity index (χ4n) is 2.11. The van der Waals surface area contributed by atoms with Crippen LogP contribution >= 0.6 is 24.0 Å². The van der Waals surface area contributed by atoms with Gasteiger partial charge < -0.3 is 15.8 Å². The molecule has 0 amide bonds. The van der Waals surface area contributed by atoms with Crippen molar-refractivity contribution >= 4 is 40.3 Å². The summed E-state index contributed by atoms with van der Waals surface area (Å²) in [5.41, 5.74) is 9.79. The van der Waals surface area contributed by atoms with E-state index in [1.165, 1.54) is 0 Å². The molecule has 0 radical (unpaired) electrons. The normalized spacial score (nSPS) is 10.2. The molecule has 0 atom stereocenters. The van der Waals surface area contributed by atoms with Crippen LogP contribution in [0.3, 0.4) is 0 Å². The molecule has 2 rings (SSSR count). The average Bonchev–Trinajstić information content (AvgIpc) is 2.48. The molecule has 21 heavy (non-hydrogen) atoms. The summed E-state index contributed by atoms with van der Waals surface area (Å²) >= 11 is 6.83. The van der Waals surface area contributed by atoms with Crippen LogP contribution in [-0.4, -0.2) is 18.4 Å². The Morgan fingerprint density at radius 1 is 1.24 bits per heavy atom. The van der Waals surface area contributed by atoms with Crippen molar-refractivity contribution in [3.8, 4) is 5.75 Å². The molecule has 0 heterocycles. The molecule has 0 aliphatic carbocycles. The highest BCUT2D eigenvalue weighted by molar-refractivity contribution is 7.98. The summed E-state index contributed by atoms with van der Waals surface area (Å²) in [6.45, 7) is 2.03.